The van der Waals surface area contributed by atoms with Gasteiger partial charge >= 0.3 is 0 Å². The van der Waals surface area contributed by atoms with Crippen molar-refractivity contribution in [2.24, 2.45) is 0 Å². The van der Waals surface area contributed by atoms with E-state index in [-0.39, 0.29) is 11.5 Å². The van der Waals surface area contributed by atoms with Crippen LogP contribution in [-0.4, -0.2) is 33.9 Å². The molecule has 2 aliphatic heterocycles. The lowest BCUT2D eigenvalue weighted by Crippen LogP contribution is -2.61. The quantitative estimate of drug-likeness (QED) is 0.867. The van der Waals surface area contributed by atoms with Crippen molar-refractivity contribution in [1.82, 2.24) is 14.9 Å². The van der Waals surface area contributed by atoms with Crippen LogP contribution in [0.5, 0.6) is 0 Å². The van der Waals surface area contributed by atoms with E-state index >= 15 is 0 Å². The molecule has 1 spiro atoms. The van der Waals surface area contributed by atoms with E-state index in [0.717, 1.165) is 22.6 Å². The second-order valence-corrected chi connectivity index (χ2v) is 7.48. The molecular weight excluding hydrogens is 310 g/mol. The molecule has 1 saturated carbocycles. The lowest BCUT2D eigenvalue weighted by Gasteiger charge is -2.47. The average molecular weight is 327 g/mol. The fraction of sp³-hybridized carbons (Fsp3) is 0.471. The molecule has 0 unspecified atom stereocenters. The number of hydrogen-bond donors (Lipinski definition) is 0. The van der Waals surface area contributed by atoms with Crippen LogP contribution in [-0.2, 0) is 28.2 Å². The van der Waals surface area contributed by atoms with E-state index in [4.69, 9.17) is 4.74 Å². The summed E-state index contributed by atoms with van der Waals surface area (Å²) in [5.41, 5.74) is 2.83. The van der Waals surface area contributed by atoms with E-state index in [1.165, 1.54) is 12.8 Å². The van der Waals surface area contributed by atoms with E-state index in [1.807, 2.05) is 27.9 Å². The molecule has 0 aromatic carbocycles. The maximum absolute atomic E-state index is 12.3. The zero-order chi connectivity index (χ0) is 15.4. The van der Waals surface area contributed by atoms with Crippen LogP contribution >= 0.6 is 11.3 Å². The Hall–Kier alpha value is -1.79. The van der Waals surface area contributed by atoms with Crippen molar-refractivity contribution in [1.29, 1.82) is 0 Å². The normalized spacial score (nSPS) is 21.3. The number of ether oxygens (including phenoxy) is 1. The van der Waals surface area contributed by atoms with Crippen molar-refractivity contribution in [2.75, 3.05) is 13.1 Å². The number of fused-ring (bicyclic) bond motifs is 2. The van der Waals surface area contributed by atoms with Gasteiger partial charge in [0.15, 0.2) is 0 Å². The highest BCUT2D eigenvalue weighted by Gasteiger charge is 2.52. The van der Waals surface area contributed by atoms with E-state index in [9.17, 15) is 4.79 Å². The Morgan fingerprint density at radius 2 is 2.30 bits per heavy atom. The smallest absolute Gasteiger partial charge is 0.227 e. The highest BCUT2D eigenvalue weighted by Crippen LogP contribution is 2.44. The van der Waals surface area contributed by atoms with Crippen molar-refractivity contribution in [3.63, 3.8) is 0 Å². The molecule has 0 bridgehead atoms. The zero-order valence-corrected chi connectivity index (χ0v) is 13.5. The third-order valence-corrected chi connectivity index (χ3v) is 5.72. The largest absolute Gasteiger partial charge is 0.360 e. The van der Waals surface area contributed by atoms with Crippen LogP contribution in [0.25, 0.3) is 0 Å². The van der Waals surface area contributed by atoms with Crippen LogP contribution in [0, 0.1) is 0 Å². The molecule has 1 saturated heterocycles. The van der Waals surface area contributed by atoms with Crippen LogP contribution in [0.15, 0.2) is 23.0 Å². The number of hydrogen-bond acceptors (Lipinski definition) is 5. The predicted molar refractivity (Wildman–Crippen MR) is 85.1 cm³/mol. The van der Waals surface area contributed by atoms with Gasteiger partial charge in [-0.3, -0.25) is 4.79 Å². The number of aromatic nitrogens is 2. The van der Waals surface area contributed by atoms with E-state index in [0.29, 0.717) is 32.0 Å². The first kappa shape index (κ1) is 13.6. The molecule has 0 N–H and O–H groups in total. The lowest BCUT2D eigenvalue weighted by atomic mass is 9.87. The minimum absolute atomic E-state index is 0.168. The van der Waals surface area contributed by atoms with Crippen molar-refractivity contribution >= 4 is 17.2 Å². The molecule has 1 aliphatic carbocycles. The molecule has 6 heteroatoms. The van der Waals surface area contributed by atoms with Gasteiger partial charge in [-0.15, -0.1) is 0 Å². The maximum Gasteiger partial charge on any atom is 0.227 e. The van der Waals surface area contributed by atoms with Crippen molar-refractivity contribution in [3.8, 4) is 0 Å². The molecule has 0 atom stereocenters. The Morgan fingerprint density at radius 1 is 1.43 bits per heavy atom. The molecule has 5 rings (SSSR count). The van der Waals surface area contributed by atoms with Gasteiger partial charge in [-0.25, -0.2) is 9.97 Å². The van der Waals surface area contributed by atoms with Gasteiger partial charge in [-0.1, -0.05) is 0 Å². The van der Waals surface area contributed by atoms with Crippen LogP contribution in [0.3, 0.4) is 0 Å². The summed E-state index contributed by atoms with van der Waals surface area (Å²) in [5, 5.41) is 4.04. The maximum atomic E-state index is 12.3. The van der Waals surface area contributed by atoms with Crippen molar-refractivity contribution in [3.05, 3.63) is 45.7 Å². The van der Waals surface area contributed by atoms with Gasteiger partial charge < -0.3 is 9.64 Å². The van der Waals surface area contributed by atoms with Gasteiger partial charge in [-0.2, -0.15) is 11.3 Å². The highest BCUT2D eigenvalue weighted by molar-refractivity contribution is 7.08. The standard InChI is InChI=1S/C17H17N3O2S/c21-15(5-11-3-4-23-8-11)20-9-17(10-20)13-6-18-16(12-1-2-12)19-14(13)7-22-17/h3-4,6,8,12H,1-2,5,7,9-10H2. The van der Waals surface area contributed by atoms with Crippen molar-refractivity contribution < 1.29 is 9.53 Å². The third kappa shape index (κ3) is 2.20. The number of rotatable bonds is 3. The van der Waals surface area contributed by atoms with Gasteiger partial charge in [0.2, 0.25) is 5.91 Å². The molecule has 5 nitrogen and oxygen atoms in total. The Labute approximate surface area is 138 Å². The molecule has 3 aliphatic rings. The minimum atomic E-state index is -0.359. The molecule has 2 aromatic rings. The number of likely N-dealkylation sites (tertiary alicyclic amines) is 1. The number of amides is 1. The fourth-order valence-electron chi connectivity index (χ4n) is 3.43. The molecule has 0 radical (unpaired) electrons. The summed E-state index contributed by atoms with van der Waals surface area (Å²) in [7, 11) is 0. The first-order valence-electron chi connectivity index (χ1n) is 8.03. The monoisotopic (exact) mass is 327 g/mol. The Morgan fingerprint density at radius 3 is 3.04 bits per heavy atom. The SMILES string of the molecule is O=C(Cc1ccsc1)N1CC2(C1)OCc1nc(C3CC3)ncc12. The van der Waals surface area contributed by atoms with Crippen LogP contribution in [0.2, 0.25) is 0 Å². The summed E-state index contributed by atoms with van der Waals surface area (Å²) < 4.78 is 6.02. The minimum Gasteiger partial charge on any atom is -0.360 e. The number of nitrogens with zero attached hydrogens (tertiary/aromatic N) is 3. The lowest BCUT2D eigenvalue weighted by molar-refractivity contribution is -0.168. The molecule has 23 heavy (non-hydrogen) atoms. The summed E-state index contributed by atoms with van der Waals surface area (Å²) in [6.07, 6.45) is 4.82. The van der Waals surface area contributed by atoms with E-state index in [2.05, 4.69) is 9.97 Å². The Bertz CT molecular complexity index is 764. The Kier molecular flexibility index (Phi) is 2.87. The topological polar surface area (TPSA) is 55.3 Å². The molecule has 4 heterocycles. The second kappa shape index (κ2) is 4.85. The summed E-state index contributed by atoms with van der Waals surface area (Å²) in [6, 6.07) is 2.01. The van der Waals surface area contributed by atoms with Gasteiger partial charge in [0.25, 0.3) is 0 Å². The number of carbonyl (C=O) groups excluding carboxylic acids is 1. The highest BCUT2D eigenvalue weighted by atomic mass is 32.1. The molecular formula is C17H17N3O2S. The summed E-state index contributed by atoms with van der Waals surface area (Å²) in [4.78, 5) is 23.4. The van der Waals surface area contributed by atoms with Crippen molar-refractivity contribution in [2.45, 2.75) is 37.4 Å². The second-order valence-electron chi connectivity index (χ2n) is 6.70. The average Bonchev–Trinajstić information content (AvgIpc) is 3.11. The van der Waals surface area contributed by atoms with Gasteiger partial charge in [-0.05, 0) is 35.2 Å². The predicted octanol–water partition coefficient (Wildman–Crippen LogP) is 2.23. The fourth-order valence-corrected chi connectivity index (χ4v) is 4.10. The summed E-state index contributed by atoms with van der Waals surface area (Å²) in [6.45, 7) is 1.79. The molecule has 118 valence electrons. The van der Waals surface area contributed by atoms with Crippen LogP contribution in [0.1, 0.15) is 41.4 Å². The number of carbonyl (C=O) groups is 1. The van der Waals surface area contributed by atoms with Crippen LogP contribution in [0.4, 0.5) is 0 Å². The first-order chi connectivity index (χ1) is 11.2. The van der Waals surface area contributed by atoms with Gasteiger partial charge in [0.1, 0.15) is 11.4 Å². The zero-order valence-electron chi connectivity index (χ0n) is 12.7. The van der Waals surface area contributed by atoms with Gasteiger partial charge in [0, 0.05) is 17.7 Å². The Balaban J connectivity index is 1.30. The van der Waals surface area contributed by atoms with Crippen LogP contribution < -0.4 is 0 Å². The molecule has 2 aromatic heterocycles. The first-order valence-corrected chi connectivity index (χ1v) is 8.97. The third-order valence-electron chi connectivity index (χ3n) is 4.99. The van der Waals surface area contributed by atoms with Gasteiger partial charge in [0.05, 0.1) is 31.8 Å². The molecule has 2 fully saturated rings. The van der Waals surface area contributed by atoms with E-state index < -0.39 is 0 Å². The molecule has 1 amide bonds. The summed E-state index contributed by atoms with van der Waals surface area (Å²) in [5.74, 6) is 1.69. The number of thiophene rings is 1. The summed E-state index contributed by atoms with van der Waals surface area (Å²) >= 11 is 1.63. The van der Waals surface area contributed by atoms with E-state index in [1.54, 1.807) is 11.3 Å².